The van der Waals surface area contributed by atoms with E-state index in [1.807, 2.05) is 32.1 Å². The number of hydrogen-bond donors (Lipinski definition) is 1. The number of amides is 2. The van der Waals surface area contributed by atoms with E-state index in [4.69, 9.17) is 4.74 Å². The average Bonchev–Trinajstić information content (AvgIpc) is 3.24. The summed E-state index contributed by atoms with van der Waals surface area (Å²) in [4.78, 5) is 27.9. The maximum absolute atomic E-state index is 13.4. The van der Waals surface area contributed by atoms with Gasteiger partial charge in [-0.2, -0.15) is 4.74 Å². The second-order valence-corrected chi connectivity index (χ2v) is 8.76. The first kappa shape index (κ1) is 17.3. The standard InChI is InChI=1S/C21H23N3O4/c1-20(2)11-21(19(26)23-8-4-5-15(23)18(25)22-21)10-14-13-7-6-12(28-3)9-16(13)24(27)17(14)20/h6-7,9-10,15H,4-5,8,11H2,1-3H3,(H,22,25)/t15-,21+/m0/s1. The van der Waals surface area contributed by atoms with E-state index in [1.54, 1.807) is 18.1 Å². The summed E-state index contributed by atoms with van der Waals surface area (Å²) in [5.41, 5.74) is 0.945. The lowest BCUT2D eigenvalue weighted by atomic mass is 9.66. The van der Waals surface area contributed by atoms with Gasteiger partial charge in [-0.25, -0.2) is 0 Å². The fourth-order valence-electron chi connectivity index (χ4n) is 5.37. The van der Waals surface area contributed by atoms with Gasteiger partial charge in [-0.15, -0.1) is 0 Å². The number of hydrogen-bond acceptors (Lipinski definition) is 4. The molecule has 2 saturated heterocycles. The SMILES string of the molecule is COc1ccc2c(c1)[N+]([O-])=C1C2=C[C@]2(CC1(C)C)NC(=O)[C@@H]1CCCN1C2=O. The van der Waals surface area contributed by atoms with Crippen LogP contribution in [0.15, 0.2) is 24.3 Å². The third-order valence-corrected chi connectivity index (χ3v) is 6.47. The minimum Gasteiger partial charge on any atom is -0.618 e. The Kier molecular flexibility index (Phi) is 3.31. The van der Waals surface area contributed by atoms with Crippen molar-refractivity contribution in [2.24, 2.45) is 5.41 Å². The van der Waals surface area contributed by atoms with E-state index < -0.39 is 11.0 Å². The van der Waals surface area contributed by atoms with Crippen LogP contribution < -0.4 is 10.1 Å². The molecule has 0 bridgehead atoms. The summed E-state index contributed by atoms with van der Waals surface area (Å²) < 4.78 is 6.22. The van der Waals surface area contributed by atoms with Crippen LogP contribution in [0.2, 0.25) is 0 Å². The van der Waals surface area contributed by atoms with Crippen molar-refractivity contribution in [3.63, 3.8) is 0 Å². The molecule has 2 atom stereocenters. The molecule has 5 rings (SSSR count). The number of nitrogens with one attached hydrogen (secondary N) is 1. The number of fused-ring (bicyclic) bond motifs is 4. The molecule has 0 radical (unpaired) electrons. The Balaban J connectivity index is 1.70. The Morgan fingerprint density at radius 1 is 1.32 bits per heavy atom. The smallest absolute Gasteiger partial charge is 0.253 e. The lowest BCUT2D eigenvalue weighted by Crippen LogP contribution is -2.70. The molecule has 1 N–H and O–H groups in total. The van der Waals surface area contributed by atoms with Gasteiger partial charge in [0, 0.05) is 6.54 Å². The Bertz CT molecular complexity index is 993. The van der Waals surface area contributed by atoms with E-state index >= 15 is 0 Å². The quantitative estimate of drug-likeness (QED) is 0.595. The van der Waals surface area contributed by atoms with Gasteiger partial charge in [0.25, 0.3) is 5.91 Å². The van der Waals surface area contributed by atoms with Gasteiger partial charge in [0.15, 0.2) is 0 Å². The second-order valence-electron chi connectivity index (χ2n) is 8.76. The Morgan fingerprint density at radius 3 is 2.86 bits per heavy atom. The molecule has 4 aliphatic rings. The number of methoxy groups -OCH3 is 1. The van der Waals surface area contributed by atoms with Crippen molar-refractivity contribution < 1.29 is 19.1 Å². The molecular formula is C21H23N3O4. The molecule has 7 nitrogen and oxygen atoms in total. The molecule has 146 valence electrons. The fourth-order valence-corrected chi connectivity index (χ4v) is 5.37. The third kappa shape index (κ3) is 2.07. The topological polar surface area (TPSA) is 84.7 Å². The molecule has 2 fully saturated rings. The van der Waals surface area contributed by atoms with Crippen LogP contribution in [0.3, 0.4) is 0 Å². The van der Waals surface area contributed by atoms with E-state index in [-0.39, 0.29) is 17.9 Å². The maximum Gasteiger partial charge on any atom is 0.253 e. The zero-order valence-corrected chi connectivity index (χ0v) is 16.2. The number of rotatable bonds is 1. The highest BCUT2D eigenvalue weighted by Gasteiger charge is 2.59. The molecule has 28 heavy (non-hydrogen) atoms. The highest BCUT2D eigenvalue weighted by molar-refractivity contribution is 6.29. The summed E-state index contributed by atoms with van der Waals surface area (Å²) >= 11 is 0. The predicted molar refractivity (Wildman–Crippen MR) is 103 cm³/mol. The molecule has 7 heteroatoms. The van der Waals surface area contributed by atoms with Crippen molar-refractivity contribution in [1.82, 2.24) is 10.2 Å². The largest absolute Gasteiger partial charge is 0.618 e. The third-order valence-electron chi connectivity index (χ3n) is 6.47. The van der Waals surface area contributed by atoms with E-state index in [0.29, 0.717) is 36.5 Å². The summed E-state index contributed by atoms with van der Waals surface area (Å²) in [7, 11) is 1.56. The van der Waals surface area contributed by atoms with Crippen molar-refractivity contribution in [2.45, 2.75) is 44.7 Å². The highest BCUT2D eigenvalue weighted by atomic mass is 16.5. The van der Waals surface area contributed by atoms with Crippen molar-refractivity contribution in [3.8, 4) is 5.75 Å². The number of carbonyl (C=O) groups excluding carboxylic acids is 2. The van der Waals surface area contributed by atoms with Crippen LogP contribution in [-0.4, -0.2) is 52.4 Å². The van der Waals surface area contributed by atoms with Crippen LogP contribution in [0, 0.1) is 10.6 Å². The van der Waals surface area contributed by atoms with Crippen LogP contribution in [0.1, 0.15) is 38.7 Å². The minimum atomic E-state index is -1.11. The van der Waals surface area contributed by atoms with Gasteiger partial charge < -0.3 is 20.2 Å². The minimum absolute atomic E-state index is 0.0614. The number of carbonyl (C=O) groups is 2. The molecule has 3 aliphatic heterocycles. The first-order valence-corrected chi connectivity index (χ1v) is 9.67. The molecule has 0 unspecified atom stereocenters. The Morgan fingerprint density at radius 2 is 2.11 bits per heavy atom. The molecule has 0 saturated carbocycles. The predicted octanol–water partition coefficient (Wildman–Crippen LogP) is 1.96. The molecule has 3 heterocycles. The van der Waals surface area contributed by atoms with Crippen molar-refractivity contribution in [2.75, 3.05) is 13.7 Å². The summed E-state index contributed by atoms with van der Waals surface area (Å²) in [6, 6.07) is 5.01. The van der Waals surface area contributed by atoms with Gasteiger partial charge in [-0.05, 0) is 51.3 Å². The maximum atomic E-state index is 13.4. The molecule has 1 aromatic rings. The van der Waals surface area contributed by atoms with Crippen LogP contribution in [0.25, 0.3) is 5.57 Å². The Labute approximate surface area is 163 Å². The zero-order chi connectivity index (χ0) is 19.8. The van der Waals surface area contributed by atoms with Crippen molar-refractivity contribution in [1.29, 1.82) is 0 Å². The highest BCUT2D eigenvalue weighted by Crippen LogP contribution is 2.50. The molecule has 2 amide bonds. The van der Waals surface area contributed by atoms with Gasteiger partial charge in [-0.3, -0.25) is 9.59 Å². The number of allylic oxidation sites excluding steroid dienone is 1. The molecular weight excluding hydrogens is 358 g/mol. The molecule has 1 spiro atoms. The van der Waals surface area contributed by atoms with Crippen LogP contribution >= 0.6 is 0 Å². The summed E-state index contributed by atoms with van der Waals surface area (Å²) in [6.07, 6.45) is 3.72. The van der Waals surface area contributed by atoms with Crippen molar-refractivity contribution in [3.05, 3.63) is 35.0 Å². The van der Waals surface area contributed by atoms with Gasteiger partial charge in [0.1, 0.15) is 17.3 Å². The summed E-state index contributed by atoms with van der Waals surface area (Å²) in [5.74, 6) is 0.447. The van der Waals surface area contributed by atoms with E-state index in [2.05, 4.69) is 5.32 Å². The molecule has 1 aromatic carbocycles. The number of nitrogens with zero attached hydrogens (tertiary/aromatic N) is 2. The zero-order valence-electron chi connectivity index (χ0n) is 16.2. The molecule has 1 aliphatic carbocycles. The van der Waals surface area contributed by atoms with E-state index in [0.717, 1.165) is 22.3 Å². The number of benzene rings is 1. The second kappa shape index (κ2) is 5.37. The summed E-state index contributed by atoms with van der Waals surface area (Å²) in [5, 5.41) is 16.1. The lowest BCUT2D eigenvalue weighted by molar-refractivity contribution is -0.361. The lowest BCUT2D eigenvalue weighted by Gasteiger charge is -2.47. The van der Waals surface area contributed by atoms with Crippen LogP contribution in [0.5, 0.6) is 5.75 Å². The first-order chi connectivity index (χ1) is 13.3. The van der Waals surface area contributed by atoms with Gasteiger partial charge in [0.2, 0.25) is 17.3 Å². The van der Waals surface area contributed by atoms with E-state index in [9.17, 15) is 14.8 Å². The normalized spacial score (nSPS) is 30.0. The van der Waals surface area contributed by atoms with E-state index in [1.165, 1.54) is 0 Å². The molecule has 0 aromatic heterocycles. The monoisotopic (exact) mass is 381 g/mol. The average molecular weight is 381 g/mol. The van der Waals surface area contributed by atoms with Gasteiger partial charge in [-0.1, -0.05) is 0 Å². The van der Waals surface area contributed by atoms with Crippen LogP contribution in [-0.2, 0) is 9.59 Å². The number of piperazine rings is 1. The van der Waals surface area contributed by atoms with Crippen molar-refractivity contribution >= 4 is 28.8 Å². The summed E-state index contributed by atoms with van der Waals surface area (Å²) in [6.45, 7) is 4.53. The van der Waals surface area contributed by atoms with Crippen LogP contribution in [0.4, 0.5) is 5.69 Å². The van der Waals surface area contributed by atoms with Gasteiger partial charge in [0.05, 0.1) is 29.7 Å². The van der Waals surface area contributed by atoms with Gasteiger partial charge >= 0.3 is 0 Å². The number of ether oxygens (including phenoxy) is 1. The first-order valence-electron chi connectivity index (χ1n) is 9.67. The fraction of sp³-hybridized carbons (Fsp3) is 0.476. The Hall–Kier alpha value is -2.83.